The van der Waals surface area contributed by atoms with Crippen molar-refractivity contribution in [2.75, 3.05) is 48.9 Å². The van der Waals surface area contributed by atoms with Crippen molar-refractivity contribution < 1.29 is 21.6 Å². The molecule has 2 heterocycles. The van der Waals surface area contributed by atoms with E-state index in [2.05, 4.69) is 39.5 Å². The fourth-order valence-electron chi connectivity index (χ4n) is 5.80. The monoisotopic (exact) mass is 641 g/mol. The number of ether oxygens (including phenoxy) is 1. The Labute approximate surface area is 257 Å². The predicted octanol–water partition coefficient (Wildman–Crippen LogP) is 3.54. The number of hydrogen-bond acceptors (Lipinski definition) is 10. The number of benzene rings is 2. The minimum atomic E-state index is -3.85. The molecule has 0 bridgehead atoms. The first kappa shape index (κ1) is 31.1. The highest BCUT2D eigenvalue weighted by molar-refractivity contribution is 7.91. The van der Waals surface area contributed by atoms with E-state index in [1.54, 1.807) is 17.4 Å². The predicted molar refractivity (Wildman–Crippen MR) is 171 cm³/mol. The third-order valence-electron chi connectivity index (χ3n) is 8.10. The summed E-state index contributed by atoms with van der Waals surface area (Å²) in [5, 5.41) is 22.7. The van der Waals surface area contributed by atoms with Gasteiger partial charge in [0.05, 0.1) is 63.5 Å². The van der Waals surface area contributed by atoms with Gasteiger partial charge in [0.25, 0.3) is 0 Å². The fourth-order valence-corrected chi connectivity index (χ4v) is 8.72. The van der Waals surface area contributed by atoms with Gasteiger partial charge >= 0.3 is 0 Å². The van der Waals surface area contributed by atoms with Gasteiger partial charge in [0.2, 0.25) is 10.0 Å². The van der Waals surface area contributed by atoms with Crippen molar-refractivity contribution >= 4 is 52.7 Å². The summed E-state index contributed by atoms with van der Waals surface area (Å²) in [4.78, 5) is 3.15. The van der Waals surface area contributed by atoms with Crippen molar-refractivity contribution in [1.29, 1.82) is 5.26 Å². The van der Waals surface area contributed by atoms with Crippen LogP contribution in [0.3, 0.4) is 0 Å². The zero-order valence-electron chi connectivity index (χ0n) is 23.9. The molecule has 1 saturated carbocycles. The van der Waals surface area contributed by atoms with Gasteiger partial charge in [-0.2, -0.15) is 5.26 Å². The minimum Gasteiger partial charge on any atom is -0.495 e. The van der Waals surface area contributed by atoms with E-state index in [1.807, 2.05) is 12.1 Å². The molecular weight excluding hydrogens is 607 g/mol. The first-order chi connectivity index (χ1) is 20.6. The Morgan fingerprint density at radius 3 is 2.53 bits per heavy atom. The smallest absolute Gasteiger partial charge is 0.238 e. The Balaban J connectivity index is 1.27. The molecule has 1 saturated heterocycles. The number of thiophene rings is 1. The average Bonchev–Trinajstić information content (AvgIpc) is 3.33. The van der Waals surface area contributed by atoms with Crippen LogP contribution in [0, 0.1) is 23.2 Å². The molecule has 2 fully saturated rings. The minimum absolute atomic E-state index is 0.0375. The second kappa shape index (κ2) is 13.1. The van der Waals surface area contributed by atoms with Crippen LogP contribution in [-0.2, 0) is 26.3 Å². The number of primary sulfonamides is 1. The van der Waals surface area contributed by atoms with Crippen LogP contribution >= 0.6 is 11.3 Å². The van der Waals surface area contributed by atoms with Crippen LogP contribution < -0.4 is 20.5 Å². The molecule has 4 N–H and O–H groups in total. The standard InChI is InChI=1S/C30H35N5O5S3/c1-40-28-20-23(43(32,38)39)11-12-26(28)33-15-3-6-29-24(13-14-31)25-4-2-5-27(30(25)41-29)34-21-7-9-22(10-8-21)35-16-18-42(36,37)19-17-35/h2,4-5,11-12,20-22,33-34H,7-10,13,15-19H2,1H3,(H2,32,38,39). The van der Waals surface area contributed by atoms with Crippen LogP contribution in [0.1, 0.15) is 36.1 Å². The molecular formula is C30H35N5O5S3. The fraction of sp³-hybridized carbons (Fsp3) is 0.433. The number of hydrogen-bond donors (Lipinski definition) is 3. The van der Waals surface area contributed by atoms with Crippen LogP contribution in [0.25, 0.3) is 10.1 Å². The van der Waals surface area contributed by atoms with Gasteiger partial charge in [0.15, 0.2) is 9.84 Å². The Hall–Kier alpha value is -3.33. The summed E-state index contributed by atoms with van der Waals surface area (Å²) in [7, 11) is -5.27. The molecule has 1 aliphatic carbocycles. The molecule has 43 heavy (non-hydrogen) atoms. The Morgan fingerprint density at radius 1 is 1.12 bits per heavy atom. The first-order valence-electron chi connectivity index (χ1n) is 14.1. The molecule has 2 aromatic carbocycles. The van der Waals surface area contributed by atoms with E-state index in [4.69, 9.17) is 9.88 Å². The van der Waals surface area contributed by atoms with Crippen LogP contribution in [-0.4, -0.2) is 72.1 Å². The highest BCUT2D eigenvalue weighted by atomic mass is 32.2. The van der Waals surface area contributed by atoms with Crippen molar-refractivity contribution in [3.63, 3.8) is 0 Å². The van der Waals surface area contributed by atoms with Gasteiger partial charge < -0.3 is 15.4 Å². The molecule has 0 unspecified atom stereocenters. The van der Waals surface area contributed by atoms with Crippen molar-refractivity contribution in [2.45, 2.75) is 49.1 Å². The van der Waals surface area contributed by atoms with Gasteiger partial charge in [-0.25, -0.2) is 22.0 Å². The quantitative estimate of drug-likeness (QED) is 0.313. The lowest BCUT2D eigenvalue weighted by atomic mass is 9.90. The Bertz CT molecular complexity index is 1800. The summed E-state index contributed by atoms with van der Waals surface area (Å²) in [5.74, 6) is 7.23. The third-order valence-corrected chi connectivity index (χ3v) is 11.8. The maximum Gasteiger partial charge on any atom is 0.238 e. The van der Waals surface area contributed by atoms with E-state index in [0.717, 1.165) is 51.9 Å². The summed E-state index contributed by atoms with van der Waals surface area (Å²) in [6, 6.07) is 13.5. The SMILES string of the molecule is COc1cc(S(N)(=O)=O)ccc1NCC#Cc1sc2c(NC3CCC(N4CCS(=O)(=O)CC4)CC3)cccc2c1CC#N. The van der Waals surface area contributed by atoms with Gasteiger partial charge in [0, 0.05) is 42.2 Å². The number of nitriles is 1. The van der Waals surface area contributed by atoms with E-state index < -0.39 is 19.9 Å². The zero-order chi connectivity index (χ0) is 30.6. The van der Waals surface area contributed by atoms with E-state index in [1.165, 1.54) is 19.2 Å². The number of sulfone groups is 1. The molecule has 0 amide bonds. The Kier molecular flexibility index (Phi) is 9.49. The van der Waals surface area contributed by atoms with Gasteiger partial charge in [-0.05, 0) is 43.9 Å². The average molecular weight is 642 g/mol. The van der Waals surface area contributed by atoms with Gasteiger partial charge in [-0.1, -0.05) is 24.0 Å². The number of rotatable bonds is 8. The van der Waals surface area contributed by atoms with Crippen molar-refractivity contribution in [3.05, 3.63) is 46.8 Å². The summed E-state index contributed by atoms with van der Waals surface area (Å²) in [5.41, 5.74) is 2.54. The van der Waals surface area contributed by atoms with Crippen molar-refractivity contribution in [1.82, 2.24) is 4.90 Å². The molecule has 0 spiro atoms. The molecule has 2 aliphatic rings. The lowest BCUT2D eigenvalue weighted by Crippen LogP contribution is -2.48. The molecule has 5 rings (SSSR count). The lowest BCUT2D eigenvalue weighted by molar-refractivity contribution is 0.164. The normalized spacial score (nSPS) is 20.5. The number of methoxy groups -OCH3 is 1. The molecule has 0 radical (unpaired) electrons. The summed E-state index contributed by atoms with van der Waals surface area (Å²) >= 11 is 1.58. The highest BCUT2D eigenvalue weighted by Gasteiger charge is 2.30. The molecule has 228 valence electrons. The second-order valence-electron chi connectivity index (χ2n) is 10.8. The largest absolute Gasteiger partial charge is 0.495 e. The van der Waals surface area contributed by atoms with Crippen LogP contribution in [0.2, 0.25) is 0 Å². The molecule has 3 aromatic rings. The number of nitrogens with two attached hydrogens (primary N) is 1. The summed E-state index contributed by atoms with van der Waals surface area (Å²) in [6.45, 7) is 1.56. The lowest BCUT2D eigenvalue weighted by Gasteiger charge is -2.39. The molecule has 1 aliphatic heterocycles. The van der Waals surface area contributed by atoms with Gasteiger partial charge in [-0.15, -0.1) is 11.3 Å². The second-order valence-corrected chi connectivity index (χ2v) is 15.7. The summed E-state index contributed by atoms with van der Waals surface area (Å²) in [6.07, 6.45) is 4.36. The van der Waals surface area contributed by atoms with Crippen LogP contribution in [0.15, 0.2) is 41.3 Å². The van der Waals surface area contributed by atoms with Crippen LogP contribution in [0.5, 0.6) is 5.75 Å². The van der Waals surface area contributed by atoms with Gasteiger partial charge in [-0.3, -0.25) is 4.90 Å². The number of anilines is 2. The summed E-state index contributed by atoms with van der Waals surface area (Å²) < 4.78 is 53.3. The number of nitrogens with one attached hydrogen (secondary N) is 2. The molecule has 13 heteroatoms. The number of nitrogens with zero attached hydrogens (tertiary/aromatic N) is 2. The molecule has 1 aromatic heterocycles. The first-order valence-corrected chi connectivity index (χ1v) is 18.3. The van der Waals surface area contributed by atoms with E-state index in [0.29, 0.717) is 36.6 Å². The van der Waals surface area contributed by atoms with Crippen molar-refractivity contribution in [3.8, 4) is 23.7 Å². The number of fused-ring (bicyclic) bond motifs is 1. The highest BCUT2D eigenvalue weighted by Crippen LogP contribution is 2.38. The molecule has 0 atom stereocenters. The van der Waals surface area contributed by atoms with E-state index >= 15 is 0 Å². The Morgan fingerprint density at radius 2 is 1.86 bits per heavy atom. The maximum absolute atomic E-state index is 11.8. The number of sulfonamides is 1. The molecule has 10 nitrogen and oxygen atoms in total. The van der Waals surface area contributed by atoms with E-state index in [9.17, 15) is 22.1 Å². The van der Waals surface area contributed by atoms with Gasteiger partial charge in [0.1, 0.15) is 5.75 Å². The van der Waals surface area contributed by atoms with E-state index in [-0.39, 0.29) is 29.4 Å². The topological polar surface area (TPSA) is 155 Å². The maximum atomic E-state index is 11.8. The third kappa shape index (κ3) is 7.43. The van der Waals surface area contributed by atoms with Crippen molar-refractivity contribution in [2.24, 2.45) is 5.14 Å². The zero-order valence-corrected chi connectivity index (χ0v) is 26.4. The van der Waals surface area contributed by atoms with Crippen LogP contribution in [0.4, 0.5) is 11.4 Å².